The number of benzene rings is 2. The van der Waals surface area contributed by atoms with E-state index in [2.05, 4.69) is 5.32 Å². The standard InChI is InChI=1S/C22H29N3O3S.C2HF3O2/c1-19-7-9-21(10-8-19)29(27,28)25(15-11-20-5-3-2-4-6-20)16-12-22(26)24-17-13-23-14-18-24;3-2(4,5)1(6)7/h2-10,23H,11-18H2,1H3;(H,6,7). The van der Waals surface area contributed by atoms with Gasteiger partial charge in [0.25, 0.3) is 0 Å². The van der Waals surface area contributed by atoms with E-state index in [-0.39, 0.29) is 23.8 Å². The zero-order chi connectivity index (χ0) is 26.8. The molecule has 1 heterocycles. The van der Waals surface area contributed by atoms with Gasteiger partial charge in [-0.3, -0.25) is 4.79 Å². The highest BCUT2D eigenvalue weighted by Crippen LogP contribution is 2.18. The van der Waals surface area contributed by atoms with Crippen LogP contribution < -0.4 is 5.32 Å². The number of aliphatic carboxylic acids is 1. The second kappa shape index (κ2) is 13.4. The minimum Gasteiger partial charge on any atom is -0.475 e. The molecule has 0 aromatic heterocycles. The van der Waals surface area contributed by atoms with Crippen LogP contribution in [0.3, 0.4) is 0 Å². The van der Waals surface area contributed by atoms with Crippen molar-refractivity contribution < 1.29 is 36.3 Å². The van der Waals surface area contributed by atoms with Gasteiger partial charge in [-0.2, -0.15) is 17.5 Å². The van der Waals surface area contributed by atoms with Crippen molar-refractivity contribution in [2.45, 2.75) is 30.8 Å². The predicted octanol–water partition coefficient (Wildman–Crippen LogP) is 2.68. The van der Waals surface area contributed by atoms with Gasteiger partial charge in [0.05, 0.1) is 4.90 Å². The Bertz CT molecular complexity index is 1090. The number of aryl methyl sites for hydroxylation is 1. The van der Waals surface area contributed by atoms with Crippen molar-refractivity contribution in [1.82, 2.24) is 14.5 Å². The van der Waals surface area contributed by atoms with Gasteiger partial charge in [0.2, 0.25) is 15.9 Å². The number of alkyl halides is 3. The Morgan fingerprint density at radius 2 is 1.56 bits per heavy atom. The first kappa shape index (κ1) is 29.3. The van der Waals surface area contributed by atoms with E-state index in [1.54, 1.807) is 24.3 Å². The fourth-order valence-corrected chi connectivity index (χ4v) is 4.84. The molecule has 2 N–H and O–H groups in total. The molecule has 1 amide bonds. The average molecular weight is 530 g/mol. The molecule has 0 unspecified atom stereocenters. The predicted molar refractivity (Wildman–Crippen MR) is 128 cm³/mol. The molecule has 0 radical (unpaired) electrons. The third-order valence-corrected chi connectivity index (χ3v) is 7.35. The maximum atomic E-state index is 13.2. The van der Waals surface area contributed by atoms with Crippen molar-refractivity contribution >= 4 is 21.9 Å². The Morgan fingerprint density at radius 3 is 2.08 bits per heavy atom. The number of nitrogens with zero attached hydrogens (tertiary/aromatic N) is 2. The molecule has 0 spiro atoms. The van der Waals surface area contributed by atoms with Crippen LogP contribution in [0.4, 0.5) is 13.2 Å². The molecule has 198 valence electrons. The van der Waals surface area contributed by atoms with E-state index in [0.717, 1.165) is 24.2 Å². The van der Waals surface area contributed by atoms with Gasteiger partial charge in [-0.05, 0) is 31.0 Å². The highest BCUT2D eigenvalue weighted by molar-refractivity contribution is 7.89. The van der Waals surface area contributed by atoms with Crippen LogP contribution in [0, 0.1) is 6.92 Å². The lowest BCUT2D eigenvalue weighted by Crippen LogP contribution is -2.47. The van der Waals surface area contributed by atoms with Gasteiger partial charge in [0.1, 0.15) is 0 Å². The fourth-order valence-electron chi connectivity index (χ4n) is 3.40. The SMILES string of the molecule is Cc1ccc(S(=O)(=O)N(CCC(=O)N2CCNCC2)CCc2ccccc2)cc1.O=C(O)C(F)(F)F. The van der Waals surface area contributed by atoms with Gasteiger partial charge in [-0.15, -0.1) is 0 Å². The molecule has 3 rings (SSSR count). The number of carbonyl (C=O) groups is 2. The molecule has 0 atom stereocenters. The molecule has 2 aromatic rings. The van der Waals surface area contributed by atoms with E-state index in [1.165, 1.54) is 4.31 Å². The number of carboxylic acids is 1. The average Bonchev–Trinajstić information content (AvgIpc) is 2.85. The van der Waals surface area contributed by atoms with Crippen molar-refractivity contribution in [3.05, 3.63) is 65.7 Å². The zero-order valence-electron chi connectivity index (χ0n) is 19.9. The minimum absolute atomic E-state index is 0.00955. The molecule has 36 heavy (non-hydrogen) atoms. The van der Waals surface area contributed by atoms with Crippen LogP contribution in [0.5, 0.6) is 0 Å². The summed E-state index contributed by atoms with van der Waals surface area (Å²) in [5.41, 5.74) is 2.08. The maximum Gasteiger partial charge on any atom is 0.490 e. The molecule has 8 nitrogen and oxygen atoms in total. The number of carboxylic acid groups (broad SMARTS) is 1. The Morgan fingerprint density at radius 1 is 1.00 bits per heavy atom. The van der Waals surface area contributed by atoms with Gasteiger partial charge in [0, 0.05) is 45.7 Å². The summed E-state index contributed by atoms with van der Waals surface area (Å²) in [6.45, 7) is 5.37. The molecule has 2 aromatic carbocycles. The minimum atomic E-state index is -5.08. The monoisotopic (exact) mass is 529 g/mol. The van der Waals surface area contributed by atoms with Gasteiger partial charge in [0.15, 0.2) is 0 Å². The second-order valence-corrected chi connectivity index (χ2v) is 10.1. The van der Waals surface area contributed by atoms with Crippen molar-refractivity contribution in [2.24, 2.45) is 0 Å². The molecule has 1 aliphatic heterocycles. The topological polar surface area (TPSA) is 107 Å². The number of rotatable bonds is 8. The smallest absolute Gasteiger partial charge is 0.475 e. The lowest BCUT2D eigenvalue weighted by Gasteiger charge is -2.29. The third kappa shape index (κ3) is 9.25. The van der Waals surface area contributed by atoms with E-state index >= 15 is 0 Å². The first-order valence-corrected chi connectivity index (χ1v) is 12.7. The summed E-state index contributed by atoms with van der Waals surface area (Å²) in [5.74, 6) is -2.75. The molecule has 12 heteroatoms. The number of piperazine rings is 1. The van der Waals surface area contributed by atoms with Crippen LogP contribution >= 0.6 is 0 Å². The van der Waals surface area contributed by atoms with Crippen LogP contribution in [0.1, 0.15) is 17.5 Å². The number of hydrogen-bond donors (Lipinski definition) is 2. The van der Waals surface area contributed by atoms with Gasteiger partial charge in [-0.25, -0.2) is 13.2 Å². The number of sulfonamides is 1. The van der Waals surface area contributed by atoms with Gasteiger partial charge < -0.3 is 15.3 Å². The highest BCUT2D eigenvalue weighted by atomic mass is 32.2. The van der Waals surface area contributed by atoms with Crippen molar-refractivity contribution in [1.29, 1.82) is 0 Å². The maximum absolute atomic E-state index is 13.2. The van der Waals surface area contributed by atoms with Crippen LogP contribution in [0.15, 0.2) is 59.5 Å². The first-order chi connectivity index (χ1) is 16.9. The molecular weight excluding hydrogens is 499 g/mol. The fraction of sp³-hybridized carbons (Fsp3) is 0.417. The highest BCUT2D eigenvalue weighted by Gasteiger charge is 2.38. The largest absolute Gasteiger partial charge is 0.490 e. The van der Waals surface area contributed by atoms with Gasteiger partial charge >= 0.3 is 12.1 Å². The number of carbonyl (C=O) groups excluding carboxylic acids is 1. The van der Waals surface area contributed by atoms with E-state index in [1.807, 2.05) is 42.2 Å². The first-order valence-electron chi connectivity index (χ1n) is 11.3. The van der Waals surface area contributed by atoms with Crippen molar-refractivity contribution in [3.63, 3.8) is 0 Å². The lowest BCUT2D eigenvalue weighted by atomic mass is 10.1. The van der Waals surface area contributed by atoms with Crippen molar-refractivity contribution in [3.8, 4) is 0 Å². The summed E-state index contributed by atoms with van der Waals surface area (Å²) in [7, 11) is -3.66. The number of hydrogen-bond acceptors (Lipinski definition) is 5. The summed E-state index contributed by atoms with van der Waals surface area (Å²) >= 11 is 0. The summed E-state index contributed by atoms with van der Waals surface area (Å²) < 4.78 is 59.7. The molecule has 1 saturated heterocycles. The molecule has 1 aliphatic rings. The molecular formula is C24H30F3N3O5S. The summed E-state index contributed by atoms with van der Waals surface area (Å²) in [5, 5.41) is 10.3. The Kier molecular flexibility index (Phi) is 10.9. The number of halogens is 3. The third-order valence-electron chi connectivity index (χ3n) is 5.44. The Labute approximate surface area is 208 Å². The van der Waals surface area contributed by atoms with Crippen molar-refractivity contribution in [2.75, 3.05) is 39.3 Å². The van der Waals surface area contributed by atoms with E-state index in [9.17, 15) is 26.4 Å². The number of nitrogens with one attached hydrogen (secondary N) is 1. The van der Waals surface area contributed by atoms with Crippen LogP contribution in [-0.2, 0) is 26.0 Å². The van der Waals surface area contributed by atoms with E-state index in [0.29, 0.717) is 26.1 Å². The van der Waals surface area contributed by atoms with E-state index in [4.69, 9.17) is 9.90 Å². The van der Waals surface area contributed by atoms with Crippen LogP contribution in [0.25, 0.3) is 0 Å². The molecule has 0 bridgehead atoms. The lowest BCUT2D eigenvalue weighted by molar-refractivity contribution is -0.192. The van der Waals surface area contributed by atoms with Gasteiger partial charge in [-0.1, -0.05) is 48.0 Å². The quantitative estimate of drug-likeness (QED) is 0.545. The summed E-state index contributed by atoms with van der Waals surface area (Å²) in [6.07, 6.45) is -4.28. The Hall–Kier alpha value is -2.96. The Balaban J connectivity index is 0.000000572. The summed E-state index contributed by atoms with van der Waals surface area (Å²) in [4.78, 5) is 23.5. The zero-order valence-corrected chi connectivity index (χ0v) is 20.7. The van der Waals surface area contributed by atoms with Crippen LogP contribution in [0.2, 0.25) is 0 Å². The molecule has 0 aliphatic carbocycles. The second-order valence-electron chi connectivity index (χ2n) is 8.14. The normalized spacial score (nSPS) is 14.2. The molecule has 1 fully saturated rings. The molecule has 0 saturated carbocycles. The number of amides is 1. The van der Waals surface area contributed by atoms with Crippen LogP contribution in [-0.4, -0.2) is 80.1 Å². The summed E-state index contributed by atoms with van der Waals surface area (Å²) in [6, 6.07) is 16.7. The van der Waals surface area contributed by atoms with E-state index < -0.39 is 22.2 Å².